The largest absolute Gasteiger partial charge is 0.495 e. The molecule has 1 aromatic heterocycles. The first-order valence-corrected chi connectivity index (χ1v) is 9.06. The molecule has 1 unspecified atom stereocenters. The predicted octanol–water partition coefficient (Wildman–Crippen LogP) is 5.73. The van der Waals surface area contributed by atoms with Gasteiger partial charge in [-0.2, -0.15) is 0 Å². The molecule has 1 atom stereocenters. The molecule has 1 amide bonds. The van der Waals surface area contributed by atoms with Gasteiger partial charge in [-0.15, -0.1) is 0 Å². The predicted molar refractivity (Wildman–Crippen MR) is 108 cm³/mol. The lowest BCUT2D eigenvalue weighted by molar-refractivity contribution is -0.117. The van der Waals surface area contributed by atoms with Gasteiger partial charge in [-0.3, -0.25) is 4.79 Å². The number of rotatable bonds is 5. The Balaban J connectivity index is 1.72. The number of carbonyl (C=O) groups excluding carboxylic acids is 1. The van der Waals surface area contributed by atoms with Crippen molar-refractivity contribution in [3.05, 3.63) is 72.3 Å². The standard InChI is InChI=1S/C23H21NO3/c1-3-16(15-9-5-4-6-10-15)23(25)24-19-14-21-18(13-22(19)26-2)17-11-7-8-12-20(17)27-21/h4-14,16H,3H2,1-2H3,(H,24,25). The van der Waals surface area contributed by atoms with E-state index in [1.807, 2.05) is 73.7 Å². The Labute approximate surface area is 157 Å². The van der Waals surface area contributed by atoms with Crippen LogP contribution in [0, 0.1) is 0 Å². The van der Waals surface area contributed by atoms with Crippen molar-refractivity contribution in [1.29, 1.82) is 0 Å². The zero-order valence-electron chi connectivity index (χ0n) is 15.4. The number of methoxy groups -OCH3 is 1. The molecule has 0 aliphatic heterocycles. The van der Waals surface area contributed by atoms with E-state index in [0.29, 0.717) is 17.9 Å². The normalized spacial score (nSPS) is 12.2. The summed E-state index contributed by atoms with van der Waals surface area (Å²) < 4.78 is 11.5. The molecule has 0 bridgehead atoms. The number of amides is 1. The maximum absolute atomic E-state index is 12.9. The van der Waals surface area contributed by atoms with Crippen molar-refractivity contribution in [2.24, 2.45) is 0 Å². The highest BCUT2D eigenvalue weighted by Crippen LogP contribution is 2.37. The molecule has 0 radical (unpaired) electrons. The molecular formula is C23H21NO3. The smallest absolute Gasteiger partial charge is 0.232 e. The molecular weight excluding hydrogens is 338 g/mol. The highest BCUT2D eigenvalue weighted by Gasteiger charge is 2.21. The van der Waals surface area contributed by atoms with Crippen LogP contribution in [0.1, 0.15) is 24.8 Å². The lowest BCUT2D eigenvalue weighted by Gasteiger charge is -2.17. The van der Waals surface area contributed by atoms with Crippen LogP contribution in [0.5, 0.6) is 5.75 Å². The Morgan fingerprint density at radius 3 is 2.48 bits per heavy atom. The Morgan fingerprint density at radius 2 is 1.74 bits per heavy atom. The van der Waals surface area contributed by atoms with Gasteiger partial charge in [0.1, 0.15) is 16.9 Å². The zero-order chi connectivity index (χ0) is 18.8. The summed E-state index contributed by atoms with van der Waals surface area (Å²) in [6, 6.07) is 21.4. The monoisotopic (exact) mass is 359 g/mol. The molecule has 0 aliphatic rings. The van der Waals surface area contributed by atoms with E-state index in [9.17, 15) is 4.79 Å². The molecule has 0 fully saturated rings. The van der Waals surface area contributed by atoms with Gasteiger partial charge in [-0.1, -0.05) is 55.5 Å². The van der Waals surface area contributed by atoms with E-state index in [1.54, 1.807) is 7.11 Å². The molecule has 0 aliphatic carbocycles. The first-order valence-electron chi connectivity index (χ1n) is 9.06. The molecule has 27 heavy (non-hydrogen) atoms. The topological polar surface area (TPSA) is 51.5 Å². The zero-order valence-corrected chi connectivity index (χ0v) is 15.4. The van der Waals surface area contributed by atoms with E-state index in [1.165, 1.54) is 0 Å². The molecule has 1 N–H and O–H groups in total. The van der Waals surface area contributed by atoms with E-state index in [0.717, 1.165) is 27.5 Å². The van der Waals surface area contributed by atoms with Crippen molar-refractivity contribution in [3.63, 3.8) is 0 Å². The maximum Gasteiger partial charge on any atom is 0.232 e. The van der Waals surface area contributed by atoms with Gasteiger partial charge >= 0.3 is 0 Å². The maximum atomic E-state index is 12.9. The van der Waals surface area contributed by atoms with Gasteiger partial charge in [0, 0.05) is 16.8 Å². The van der Waals surface area contributed by atoms with Gasteiger partial charge in [0.2, 0.25) is 5.91 Å². The van der Waals surface area contributed by atoms with Crippen molar-refractivity contribution in [1.82, 2.24) is 0 Å². The third-order valence-electron chi connectivity index (χ3n) is 4.88. The van der Waals surface area contributed by atoms with Gasteiger partial charge in [-0.05, 0) is 24.1 Å². The number of ether oxygens (including phenoxy) is 1. The quantitative estimate of drug-likeness (QED) is 0.495. The SMILES string of the molecule is CCC(C(=O)Nc1cc2oc3ccccc3c2cc1OC)c1ccccc1. The van der Waals surface area contributed by atoms with Crippen LogP contribution in [0.3, 0.4) is 0 Å². The number of anilines is 1. The third kappa shape index (κ3) is 3.14. The number of benzene rings is 3. The summed E-state index contributed by atoms with van der Waals surface area (Å²) in [5.41, 5.74) is 3.15. The fourth-order valence-corrected chi connectivity index (χ4v) is 3.50. The summed E-state index contributed by atoms with van der Waals surface area (Å²) >= 11 is 0. The summed E-state index contributed by atoms with van der Waals surface area (Å²) in [5.74, 6) is 0.338. The number of hydrogen-bond donors (Lipinski definition) is 1. The number of fused-ring (bicyclic) bond motifs is 3. The molecule has 4 heteroatoms. The van der Waals surface area contributed by atoms with Crippen LogP contribution in [0.4, 0.5) is 5.69 Å². The Bertz CT molecular complexity index is 1100. The van der Waals surface area contributed by atoms with Gasteiger partial charge in [0.15, 0.2) is 0 Å². The molecule has 0 saturated carbocycles. The minimum atomic E-state index is -0.220. The second-order valence-electron chi connectivity index (χ2n) is 6.51. The van der Waals surface area contributed by atoms with Crippen LogP contribution in [-0.2, 0) is 4.79 Å². The minimum absolute atomic E-state index is 0.0579. The molecule has 3 aromatic carbocycles. The average Bonchev–Trinajstić information content (AvgIpc) is 3.06. The van der Waals surface area contributed by atoms with E-state index >= 15 is 0 Å². The van der Waals surface area contributed by atoms with Gasteiger partial charge < -0.3 is 14.5 Å². The van der Waals surface area contributed by atoms with E-state index in [-0.39, 0.29) is 11.8 Å². The van der Waals surface area contributed by atoms with Crippen molar-refractivity contribution >= 4 is 33.5 Å². The Kier molecular flexibility index (Phi) is 4.55. The van der Waals surface area contributed by atoms with Crippen LogP contribution in [-0.4, -0.2) is 13.0 Å². The Morgan fingerprint density at radius 1 is 1.00 bits per heavy atom. The molecule has 0 saturated heterocycles. The lowest BCUT2D eigenvalue weighted by Crippen LogP contribution is -2.21. The van der Waals surface area contributed by atoms with Crippen LogP contribution < -0.4 is 10.1 Å². The summed E-state index contributed by atoms with van der Waals surface area (Å²) in [5, 5.41) is 5.02. The van der Waals surface area contributed by atoms with E-state index in [2.05, 4.69) is 5.32 Å². The third-order valence-corrected chi connectivity index (χ3v) is 4.88. The van der Waals surface area contributed by atoms with Crippen LogP contribution in [0.25, 0.3) is 21.9 Å². The number of para-hydroxylation sites is 1. The number of hydrogen-bond acceptors (Lipinski definition) is 3. The van der Waals surface area contributed by atoms with Crippen LogP contribution in [0.2, 0.25) is 0 Å². The molecule has 0 spiro atoms. The summed E-state index contributed by atoms with van der Waals surface area (Å²) in [4.78, 5) is 12.9. The molecule has 4 nitrogen and oxygen atoms in total. The van der Waals surface area contributed by atoms with Crippen molar-refractivity contribution in [2.75, 3.05) is 12.4 Å². The summed E-state index contributed by atoms with van der Waals surface area (Å²) in [7, 11) is 1.60. The fourth-order valence-electron chi connectivity index (χ4n) is 3.50. The van der Waals surface area contributed by atoms with Crippen LogP contribution in [0.15, 0.2) is 71.1 Å². The second kappa shape index (κ2) is 7.16. The van der Waals surface area contributed by atoms with Gasteiger partial charge in [0.25, 0.3) is 0 Å². The molecule has 1 heterocycles. The van der Waals surface area contributed by atoms with Crippen molar-refractivity contribution < 1.29 is 13.9 Å². The Hall–Kier alpha value is -3.27. The van der Waals surface area contributed by atoms with Crippen molar-refractivity contribution in [2.45, 2.75) is 19.3 Å². The van der Waals surface area contributed by atoms with E-state index in [4.69, 9.17) is 9.15 Å². The van der Waals surface area contributed by atoms with Crippen LogP contribution >= 0.6 is 0 Å². The fraction of sp³-hybridized carbons (Fsp3) is 0.174. The molecule has 4 aromatic rings. The highest BCUT2D eigenvalue weighted by molar-refractivity contribution is 6.08. The van der Waals surface area contributed by atoms with E-state index < -0.39 is 0 Å². The molecule has 4 rings (SSSR count). The van der Waals surface area contributed by atoms with Gasteiger partial charge in [0.05, 0.1) is 18.7 Å². The first-order chi connectivity index (χ1) is 13.2. The highest BCUT2D eigenvalue weighted by atomic mass is 16.5. The number of nitrogens with one attached hydrogen (secondary N) is 1. The van der Waals surface area contributed by atoms with Gasteiger partial charge in [-0.25, -0.2) is 0 Å². The minimum Gasteiger partial charge on any atom is -0.495 e. The number of furan rings is 1. The summed E-state index contributed by atoms with van der Waals surface area (Å²) in [6.45, 7) is 2.01. The summed E-state index contributed by atoms with van der Waals surface area (Å²) in [6.07, 6.45) is 0.713. The van der Waals surface area contributed by atoms with Crippen molar-refractivity contribution in [3.8, 4) is 5.75 Å². The molecule has 136 valence electrons. The average molecular weight is 359 g/mol. The lowest BCUT2D eigenvalue weighted by atomic mass is 9.95. The first kappa shape index (κ1) is 17.2. The second-order valence-corrected chi connectivity index (χ2v) is 6.51. The number of carbonyl (C=O) groups is 1.